The van der Waals surface area contributed by atoms with Crippen molar-refractivity contribution >= 4 is 44.8 Å². The second kappa shape index (κ2) is 8.44. The molecule has 0 saturated heterocycles. The highest BCUT2D eigenvalue weighted by molar-refractivity contribution is 9.10. The summed E-state index contributed by atoms with van der Waals surface area (Å²) < 4.78 is 6.22. The minimum atomic E-state index is -0.863. The van der Waals surface area contributed by atoms with Gasteiger partial charge in [-0.25, -0.2) is 4.79 Å². The molecular formula is C18H20BrNO3S. The van der Waals surface area contributed by atoms with Crippen LogP contribution >= 0.6 is 27.3 Å². The molecule has 2 rings (SSSR count). The van der Waals surface area contributed by atoms with E-state index in [9.17, 15) is 9.59 Å². The van der Waals surface area contributed by atoms with E-state index in [1.165, 1.54) is 16.9 Å². The number of aryl methyl sites for hydroxylation is 2. The lowest BCUT2D eigenvalue weighted by molar-refractivity contribution is -0.123. The topological polar surface area (TPSA) is 55.4 Å². The Morgan fingerprint density at radius 3 is 2.58 bits per heavy atom. The standard InChI is InChI=1S/C18H20BrNO3S/c1-4-5-13-10-16(24-12(13)3)18(22)23-11(2)17(21)20-15-8-6-14(19)7-9-15/h6-11H,4-5H2,1-3H3,(H,20,21)/t11-/m1/s1. The molecule has 1 amide bonds. The number of halogens is 1. The van der Waals surface area contributed by atoms with E-state index in [1.54, 1.807) is 19.1 Å². The molecule has 6 heteroatoms. The van der Waals surface area contributed by atoms with Gasteiger partial charge >= 0.3 is 5.97 Å². The fraction of sp³-hybridized carbons (Fsp3) is 0.333. The monoisotopic (exact) mass is 409 g/mol. The Bertz CT molecular complexity index is 724. The molecular weight excluding hydrogens is 390 g/mol. The molecule has 0 aliphatic rings. The Morgan fingerprint density at radius 1 is 1.29 bits per heavy atom. The third kappa shape index (κ3) is 4.92. The number of carbonyl (C=O) groups excluding carboxylic acids is 2. The molecule has 128 valence electrons. The Kier molecular flexibility index (Phi) is 6.57. The number of rotatable bonds is 6. The maximum atomic E-state index is 12.2. The molecule has 1 atom stereocenters. The highest BCUT2D eigenvalue weighted by Gasteiger charge is 2.21. The molecule has 0 unspecified atom stereocenters. The Balaban J connectivity index is 1.96. The zero-order chi connectivity index (χ0) is 17.7. The van der Waals surface area contributed by atoms with Gasteiger partial charge in [0.25, 0.3) is 5.91 Å². The summed E-state index contributed by atoms with van der Waals surface area (Å²) in [7, 11) is 0. The third-order valence-electron chi connectivity index (χ3n) is 3.51. The molecule has 1 N–H and O–H groups in total. The molecule has 0 bridgehead atoms. The van der Waals surface area contributed by atoms with Gasteiger partial charge in [0.15, 0.2) is 6.10 Å². The van der Waals surface area contributed by atoms with E-state index in [-0.39, 0.29) is 5.91 Å². The number of anilines is 1. The fourth-order valence-electron chi connectivity index (χ4n) is 2.19. The summed E-state index contributed by atoms with van der Waals surface area (Å²) in [5.41, 5.74) is 1.82. The van der Waals surface area contributed by atoms with E-state index in [0.29, 0.717) is 10.6 Å². The maximum Gasteiger partial charge on any atom is 0.349 e. The van der Waals surface area contributed by atoms with Gasteiger partial charge in [-0.2, -0.15) is 0 Å². The van der Waals surface area contributed by atoms with Gasteiger partial charge in [0, 0.05) is 15.0 Å². The molecule has 0 radical (unpaired) electrons. The van der Waals surface area contributed by atoms with Crippen LogP contribution < -0.4 is 5.32 Å². The summed E-state index contributed by atoms with van der Waals surface area (Å²) in [6.07, 6.45) is 1.10. The lowest BCUT2D eigenvalue weighted by Crippen LogP contribution is -2.29. The van der Waals surface area contributed by atoms with Gasteiger partial charge in [-0.05, 0) is 56.2 Å². The van der Waals surface area contributed by atoms with Gasteiger partial charge in [-0.1, -0.05) is 29.3 Å². The molecule has 0 saturated carbocycles. The number of esters is 1. The normalized spacial score (nSPS) is 11.8. The Morgan fingerprint density at radius 2 is 1.96 bits per heavy atom. The van der Waals surface area contributed by atoms with Crippen LogP contribution in [0.2, 0.25) is 0 Å². The summed E-state index contributed by atoms with van der Waals surface area (Å²) in [6, 6.07) is 9.07. The number of nitrogens with one attached hydrogen (secondary N) is 1. The Hall–Kier alpha value is -1.66. The van der Waals surface area contributed by atoms with Crippen LogP contribution in [0.1, 0.15) is 40.4 Å². The van der Waals surface area contributed by atoms with Crippen molar-refractivity contribution < 1.29 is 14.3 Å². The molecule has 24 heavy (non-hydrogen) atoms. The molecule has 0 aliphatic carbocycles. The molecule has 0 aliphatic heterocycles. The average Bonchev–Trinajstić information content (AvgIpc) is 2.91. The summed E-state index contributed by atoms with van der Waals surface area (Å²) in [4.78, 5) is 26.0. The SMILES string of the molecule is CCCc1cc(C(=O)O[C@H](C)C(=O)Nc2ccc(Br)cc2)sc1C. The van der Waals surface area contributed by atoms with E-state index in [0.717, 1.165) is 22.2 Å². The zero-order valence-corrected chi connectivity index (χ0v) is 16.3. The number of amides is 1. The quantitative estimate of drug-likeness (QED) is 0.686. The largest absolute Gasteiger partial charge is 0.448 e. The second-order valence-electron chi connectivity index (χ2n) is 5.49. The minimum Gasteiger partial charge on any atom is -0.448 e. The van der Waals surface area contributed by atoms with Crippen LogP contribution in [0, 0.1) is 6.92 Å². The predicted molar refractivity (Wildman–Crippen MR) is 101 cm³/mol. The van der Waals surface area contributed by atoms with Crippen LogP contribution in [-0.2, 0) is 16.0 Å². The van der Waals surface area contributed by atoms with Crippen molar-refractivity contribution in [3.63, 3.8) is 0 Å². The van der Waals surface area contributed by atoms with Crippen molar-refractivity contribution in [2.45, 2.75) is 39.7 Å². The molecule has 0 fully saturated rings. The number of ether oxygens (including phenoxy) is 1. The molecule has 0 spiro atoms. The predicted octanol–water partition coefficient (Wildman–Crippen LogP) is 4.96. The fourth-order valence-corrected chi connectivity index (χ4v) is 3.41. The summed E-state index contributed by atoms with van der Waals surface area (Å²) in [5.74, 6) is -0.809. The van der Waals surface area contributed by atoms with Crippen LogP contribution in [0.4, 0.5) is 5.69 Å². The van der Waals surface area contributed by atoms with E-state index >= 15 is 0 Å². The summed E-state index contributed by atoms with van der Waals surface area (Å²) in [6.45, 7) is 5.67. The molecule has 2 aromatic rings. The first kappa shape index (κ1) is 18.7. The molecule has 1 aromatic carbocycles. The van der Waals surface area contributed by atoms with Crippen molar-refractivity contribution in [1.29, 1.82) is 0 Å². The Labute approximate surface area is 154 Å². The van der Waals surface area contributed by atoms with Gasteiger partial charge < -0.3 is 10.1 Å². The van der Waals surface area contributed by atoms with Crippen molar-refractivity contribution in [2.24, 2.45) is 0 Å². The zero-order valence-electron chi connectivity index (χ0n) is 13.9. The van der Waals surface area contributed by atoms with E-state index < -0.39 is 12.1 Å². The van der Waals surface area contributed by atoms with Crippen molar-refractivity contribution in [1.82, 2.24) is 0 Å². The van der Waals surface area contributed by atoms with Crippen LogP contribution in [0.15, 0.2) is 34.8 Å². The van der Waals surface area contributed by atoms with E-state index in [4.69, 9.17) is 4.74 Å². The van der Waals surface area contributed by atoms with Crippen LogP contribution in [0.3, 0.4) is 0 Å². The third-order valence-corrected chi connectivity index (χ3v) is 5.11. The van der Waals surface area contributed by atoms with Crippen molar-refractivity contribution in [3.8, 4) is 0 Å². The smallest absolute Gasteiger partial charge is 0.349 e. The van der Waals surface area contributed by atoms with E-state index in [2.05, 4.69) is 28.2 Å². The first-order valence-electron chi connectivity index (χ1n) is 7.77. The van der Waals surface area contributed by atoms with Crippen LogP contribution in [0.25, 0.3) is 0 Å². The number of hydrogen-bond donors (Lipinski definition) is 1. The average molecular weight is 410 g/mol. The van der Waals surface area contributed by atoms with Gasteiger partial charge in [-0.15, -0.1) is 11.3 Å². The van der Waals surface area contributed by atoms with Crippen LogP contribution in [0.5, 0.6) is 0 Å². The number of benzene rings is 1. The first-order chi connectivity index (χ1) is 11.4. The number of thiophene rings is 1. The summed E-state index contributed by atoms with van der Waals surface area (Å²) in [5, 5.41) is 2.73. The molecule has 1 heterocycles. The number of carbonyl (C=O) groups is 2. The lowest BCUT2D eigenvalue weighted by Gasteiger charge is -2.13. The van der Waals surface area contributed by atoms with Crippen molar-refractivity contribution in [2.75, 3.05) is 5.32 Å². The van der Waals surface area contributed by atoms with Gasteiger partial charge in [0.05, 0.1) is 0 Å². The van der Waals surface area contributed by atoms with Crippen LogP contribution in [-0.4, -0.2) is 18.0 Å². The second-order valence-corrected chi connectivity index (χ2v) is 7.66. The molecule has 4 nitrogen and oxygen atoms in total. The van der Waals surface area contributed by atoms with Gasteiger partial charge in [0.1, 0.15) is 4.88 Å². The first-order valence-corrected chi connectivity index (χ1v) is 9.38. The van der Waals surface area contributed by atoms with Gasteiger partial charge in [-0.3, -0.25) is 4.79 Å². The minimum absolute atomic E-state index is 0.354. The highest BCUT2D eigenvalue weighted by atomic mass is 79.9. The van der Waals surface area contributed by atoms with Crippen molar-refractivity contribution in [3.05, 3.63) is 50.1 Å². The lowest BCUT2D eigenvalue weighted by atomic mass is 10.1. The molecule has 1 aromatic heterocycles. The maximum absolute atomic E-state index is 12.2. The van der Waals surface area contributed by atoms with E-state index in [1.807, 2.05) is 25.1 Å². The highest BCUT2D eigenvalue weighted by Crippen LogP contribution is 2.24. The number of hydrogen-bond acceptors (Lipinski definition) is 4. The summed E-state index contributed by atoms with van der Waals surface area (Å²) >= 11 is 4.75. The van der Waals surface area contributed by atoms with Gasteiger partial charge in [0.2, 0.25) is 0 Å².